The number of thioether (sulfide) groups is 1. The summed E-state index contributed by atoms with van der Waals surface area (Å²) in [7, 11) is 1.14. The lowest BCUT2D eigenvalue weighted by Crippen LogP contribution is -2.66. The number of hydrogen-bond acceptors (Lipinski definition) is 9. The highest BCUT2D eigenvalue weighted by Crippen LogP contribution is 2.44. The Hall–Kier alpha value is -4.03. The van der Waals surface area contributed by atoms with Crippen molar-refractivity contribution in [2.45, 2.75) is 22.9 Å². The molecule has 1 aromatic heterocycles. The maximum Gasteiger partial charge on any atom is 0.510 e. The minimum absolute atomic E-state index is 0.0264. The van der Waals surface area contributed by atoms with Crippen LogP contribution < -0.4 is 15.2 Å². The van der Waals surface area contributed by atoms with Crippen molar-refractivity contribution >= 4 is 23.8 Å². The van der Waals surface area contributed by atoms with Crippen LogP contribution in [-0.2, 0) is 20.0 Å². The van der Waals surface area contributed by atoms with Crippen molar-refractivity contribution in [3.05, 3.63) is 93.2 Å². The summed E-state index contributed by atoms with van der Waals surface area (Å²) in [5.41, 5.74) is 1.65. The second-order valence-corrected chi connectivity index (χ2v) is 10.1. The van der Waals surface area contributed by atoms with Gasteiger partial charge in [0, 0.05) is 35.0 Å². The molecule has 2 aromatic carbocycles. The number of hydrogen-bond donors (Lipinski definition) is 0. The zero-order valence-corrected chi connectivity index (χ0v) is 21.7. The van der Waals surface area contributed by atoms with Gasteiger partial charge in [-0.2, -0.15) is 0 Å². The van der Waals surface area contributed by atoms with Gasteiger partial charge in [-0.15, -0.1) is 11.8 Å². The predicted molar refractivity (Wildman–Crippen MR) is 138 cm³/mol. The molecule has 3 aliphatic heterocycles. The molecule has 2 atom stereocenters. The van der Waals surface area contributed by atoms with E-state index in [0.717, 1.165) is 23.1 Å². The van der Waals surface area contributed by atoms with Gasteiger partial charge in [0.2, 0.25) is 18.0 Å². The van der Waals surface area contributed by atoms with Gasteiger partial charge in [0.15, 0.2) is 5.69 Å². The first-order chi connectivity index (χ1) is 19.0. The van der Waals surface area contributed by atoms with Crippen molar-refractivity contribution in [2.24, 2.45) is 0 Å². The van der Waals surface area contributed by atoms with E-state index in [9.17, 15) is 14.4 Å². The van der Waals surface area contributed by atoms with Crippen molar-refractivity contribution in [1.29, 1.82) is 0 Å². The standard InChI is InChI=1S/C27H24FN3O7S/c1-35-27(34)38-15-37-25-20(32)9-10-30-24(25)26(33)29-11-12-36-13-22(29)31(30)23-16-6-4-7-19(28)18(16)14-39-21-8-3-2-5-17(21)23/h2-10,22-23H,11-15H2,1H3/t22-,23+/m0/s1. The van der Waals surface area contributed by atoms with E-state index in [1.54, 1.807) is 27.4 Å². The highest BCUT2D eigenvalue weighted by atomic mass is 32.2. The Morgan fingerprint density at radius 3 is 2.79 bits per heavy atom. The molecule has 0 saturated carbocycles. The van der Waals surface area contributed by atoms with E-state index in [1.165, 1.54) is 18.3 Å². The summed E-state index contributed by atoms with van der Waals surface area (Å²) in [5.74, 6) is -0.575. The fourth-order valence-corrected chi connectivity index (χ4v) is 6.40. The number of methoxy groups -OCH3 is 1. The van der Waals surface area contributed by atoms with Crippen molar-refractivity contribution in [3.8, 4) is 5.75 Å². The van der Waals surface area contributed by atoms with Crippen molar-refractivity contribution in [2.75, 3.05) is 38.7 Å². The number of amides is 1. The number of pyridine rings is 1. The zero-order chi connectivity index (χ0) is 27.1. The van der Waals surface area contributed by atoms with Crippen molar-refractivity contribution < 1.29 is 32.9 Å². The minimum atomic E-state index is -0.993. The number of rotatable bonds is 4. The van der Waals surface area contributed by atoms with E-state index in [-0.39, 0.29) is 30.4 Å². The number of benzene rings is 2. The van der Waals surface area contributed by atoms with E-state index in [2.05, 4.69) is 4.74 Å². The zero-order valence-electron chi connectivity index (χ0n) is 20.9. The number of nitrogens with zero attached hydrogens (tertiary/aromatic N) is 3. The maximum atomic E-state index is 15.2. The molecular weight excluding hydrogens is 529 g/mol. The van der Waals surface area contributed by atoms with Crippen LogP contribution >= 0.6 is 11.8 Å². The van der Waals surface area contributed by atoms with Crippen LogP contribution in [0.3, 0.4) is 0 Å². The lowest BCUT2D eigenvalue weighted by molar-refractivity contribution is -0.0209. The van der Waals surface area contributed by atoms with Gasteiger partial charge >= 0.3 is 6.16 Å². The molecule has 12 heteroatoms. The molecule has 4 heterocycles. The molecule has 0 radical (unpaired) electrons. The molecule has 0 spiro atoms. The summed E-state index contributed by atoms with van der Waals surface area (Å²) in [4.78, 5) is 40.8. The lowest BCUT2D eigenvalue weighted by Gasteiger charge is -2.51. The number of carbonyl (C=O) groups excluding carboxylic acids is 2. The molecule has 10 nitrogen and oxygen atoms in total. The normalized spacial score (nSPS) is 19.7. The van der Waals surface area contributed by atoms with Gasteiger partial charge in [-0.05, 0) is 23.3 Å². The minimum Gasteiger partial charge on any atom is -0.451 e. The largest absolute Gasteiger partial charge is 0.510 e. The van der Waals surface area contributed by atoms with Gasteiger partial charge in [-0.3, -0.25) is 19.3 Å². The number of fused-ring (bicyclic) bond motifs is 4. The Morgan fingerprint density at radius 1 is 1.13 bits per heavy atom. The van der Waals surface area contributed by atoms with E-state index < -0.39 is 36.5 Å². The molecule has 202 valence electrons. The summed E-state index contributed by atoms with van der Waals surface area (Å²) in [6.07, 6.45) is -0.0419. The van der Waals surface area contributed by atoms with Crippen LogP contribution in [0.1, 0.15) is 33.2 Å². The Morgan fingerprint density at radius 2 is 1.95 bits per heavy atom. The molecule has 39 heavy (non-hydrogen) atoms. The summed E-state index contributed by atoms with van der Waals surface area (Å²) in [6, 6.07) is 13.6. The maximum absolute atomic E-state index is 15.2. The van der Waals surface area contributed by atoms with Gasteiger partial charge in [0.05, 0.1) is 26.4 Å². The second-order valence-electron chi connectivity index (χ2n) is 9.03. The van der Waals surface area contributed by atoms with E-state index in [0.29, 0.717) is 17.9 Å². The van der Waals surface area contributed by atoms with Crippen LogP contribution in [0.5, 0.6) is 5.75 Å². The Bertz CT molecular complexity index is 1510. The number of carbonyl (C=O) groups is 2. The molecule has 3 aromatic rings. The third-order valence-corrected chi connectivity index (χ3v) is 8.12. The van der Waals surface area contributed by atoms with Crippen molar-refractivity contribution in [1.82, 2.24) is 9.58 Å². The van der Waals surface area contributed by atoms with Gasteiger partial charge in [-0.25, -0.2) is 9.18 Å². The number of morpholine rings is 1. The van der Waals surface area contributed by atoms with Crippen LogP contribution in [0.15, 0.2) is 64.4 Å². The van der Waals surface area contributed by atoms with Crippen LogP contribution in [0.25, 0.3) is 0 Å². The predicted octanol–water partition coefficient (Wildman–Crippen LogP) is 3.25. The molecule has 1 saturated heterocycles. The second kappa shape index (κ2) is 10.3. The molecule has 0 bridgehead atoms. The molecule has 1 fully saturated rings. The summed E-state index contributed by atoms with van der Waals surface area (Å²) < 4.78 is 37.4. The molecule has 6 rings (SSSR count). The first-order valence-corrected chi connectivity index (χ1v) is 13.2. The summed E-state index contributed by atoms with van der Waals surface area (Å²) >= 11 is 1.54. The van der Waals surface area contributed by atoms with E-state index in [4.69, 9.17) is 14.2 Å². The van der Waals surface area contributed by atoms with Gasteiger partial charge in [-0.1, -0.05) is 30.3 Å². The smallest absolute Gasteiger partial charge is 0.451 e. The van der Waals surface area contributed by atoms with E-state index in [1.807, 2.05) is 35.3 Å². The van der Waals surface area contributed by atoms with E-state index >= 15 is 4.39 Å². The molecule has 0 unspecified atom stereocenters. The topological polar surface area (TPSA) is 99.5 Å². The first kappa shape index (κ1) is 25.3. The highest BCUT2D eigenvalue weighted by Gasteiger charge is 2.46. The molecule has 0 N–H and O–H groups in total. The molecule has 1 amide bonds. The Kier molecular flexibility index (Phi) is 6.65. The number of ether oxygens (including phenoxy) is 4. The average Bonchev–Trinajstić information content (AvgIpc) is 3.12. The number of halogens is 1. The average molecular weight is 554 g/mol. The van der Waals surface area contributed by atoms with Gasteiger partial charge in [0.25, 0.3) is 5.91 Å². The monoisotopic (exact) mass is 553 g/mol. The SMILES string of the molecule is COC(=O)OCOc1c2n(ccc1=O)N([C@H]1c3ccccc3SCc3c(F)cccc31)[C@H]1COCCN1C2=O. The Balaban J connectivity index is 1.57. The Labute approximate surface area is 226 Å². The third kappa shape index (κ3) is 4.29. The molecule has 3 aliphatic rings. The quantitative estimate of drug-likeness (QED) is 0.356. The highest BCUT2D eigenvalue weighted by molar-refractivity contribution is 7.98. The van der Waals surface area contributed by atoms with Crippen LogP contribution in [0, 0.1) is 5.82 Å². The lowest BCUT2D eigenvalue weighted by atomic mass is 9.93. The third-order valence-electron chi connectivity index (χ3n) is 7.00. The van der Waals surface area contributed by atoms with Gasteiger partial charge < -0.3 is 23.8 Å². The fourth-order valence-electron chi connectivity index (χ4n) is 5.28. The fraction of sp³-hybridized carbons (Fsp3) is 0.296. The molecular formula is C27H24FN3O7S. The van der Waals surface area contributed by atoms with Crippen LogP contribution in [0.4, 0.5) is 9.18 Å². The van der Waals surface area contributed by atoms with Crippen molar-refractivity contribution in [3.63, 3.8) is 0 Å². The molecule has 0 aliphatic carbocycles. The van der Waals surface area contributed by atoms with Crippen LogP contribution in [-0.4, -0.2) is 61.5 Å². The van der Waals surface area contributed by atoms with Crippen LogP contribution in [0.2, 0.25) is 0 Å². The summed E-state index contributed by atoms with van der Waals surface area (Å²) in [6.45, 7) is 0.169. The van der Waals surface area contributed by atoms with Gasteiger partial charge in [0.1, 0.15) is 12.0 Å². The summed E-state index contributed by atoms with van der Waals surface area (Å²) in [5, 5.41) is 1.94. The first-order valence-electron chi connectivity index (χ1n) is 12.2. The number of aromatic nitrogens is 1.